The lowest BCUT2D eigenvalue weighted by molar-refractivity contribution is 0.0941. The first-order valence-corrected chi connectivity index (χ1v) is 8.49. The van der Waals surface area contributed by atoms with E-state index in [9.17, 15) is 9.90 Å². The van der Waals surface area contributed by atoms with Gasteiger partial charge in [-0.25, -0.2) is 9.48 Å². The third-order valence-corrected chi connectivity index (χ3v) is 4.55. The highest BCUT2D eigenvalue weighted by Gasteiger charge is 2.25. The number of hydrogen-bond acceptors (Lipinski definition) is 3. The summed E-state index contributed by atoms with van der Waals surface area (Å²) in [7, 11) is 0. The molecule has 0 bridgehead atoms. The summed E-state index contributed by atoms with van der Waals surface area (Å²) in [4.78, 5) is 12.3. The van der Waals surface area contributed by atoms with Gasteiger partial charge in [0, 0.05) is 12.4 Å². The molecule has 0 unspecified atom stereocenters. The second-order valence-electron chi connectivity index (χ2n) is 6.31. The molecule has 3 rings (SSSR count). The Hall–Kier alpha value is -2.34. The van der Waals surface area contributed by atoms with E-state index in [1.54, 1.807) is 10.9 Å². The first-order chi connectivity index (χ1) is 11.6. The first kappa shape index (κ1) is 16.5. The van der Waals surface area contributed by atoms with Crippen molar-refractivity contribution in [1.82, 2.24) is 20.4 Å². The van der Waals surface area contributed by atoms with Crippen molar-refractivity contribution in [2.75, 3.05) is 0 Å². The topological polar surface area (TPSA) is 79.2 Å². The number of carbonyl (C=O) groups excluding carboxylic acids is 1. The molecule has 1 aromatic carbocycles. The average Bonchev–Trinajstić information content (AvgIpc) is 3.11. The van der Waals surface area contributed by atoms with Gasteiger partial charge in [-0.15, -0.1) is 0 Å². The molecule has 24 heavy (non-hydrogen) atoms. The second-order valence-corrected chi connectivity index (χ2v) is 6.31. The highest BCUT2D eigenvalue weighted by Crippen LogP contribution is 2.21. The monoisotopic (exact) mass is 328 g/mol. The molecule has 1 aromatic heterocycles. The summed E-state index contributed by atoms with van der Waals surface area (Å²) in [6.45, 7) is 1.94. The summed E-state index contributed by atoms with van der Waals surface area (Å²) in [5, 5.41) is 20.1. The molecule has 0 radical (unpaired) electrons. The van der Waals surface area contributed by atoms with E-state index in [4.69, 9.17) is 0 Å². The second kappa shape index (κ2) is 7.49. The van der Waals surface area contributed by atoms with Gasteiger partial charge in [-0.3, -0.25) is 0 Å². The van der Waals surface area contributed by atoms with Crippen LogP contribution in [0, 0.1) is 0 Å². The van der Waals surface area contributed by atoms with E-state index in [0.29, 0.717) is 0 Å². The highest BCUT2D eigenvalue weighted by molar-refractivity contribution is 5.75. The van der Waals surface area contributed by atoms with Crippen LogP contribution in [0.5, 0.6) is 0 Å². The van der Waals surface area contributed by atoms with Crippen LogP contribution in [0.4, 0.5) is 4.79 Å². The summed E-state index contributed by atoms with van der Waals surface area (Å²) >= 11 is 0. The van der Waals surface area contributed by atoms with Crippen molar-refractivity contribution in [1.29, 1.82) is 0 Å². The maximum atomic E-state index is 12.3. The van der Waals surface area contributed by atoms with Crippen LogP contribution in [-0.2, 0) is 0 Å². The number of hydrogen-bond donors (Lipinski definition) is 3. The van der Waals surface area contributed by atoms with Gasteiger partial charge in [-0.1, -0.05) is 31.0 Å². The molecule has 1 aliphatic rings. The van der Waals surface area contributed by atoms with Crippen molar-refractivity contribution in [2.24, 2.45) is 0 Å². The van der Waals surface area contributed by atoms with Gasteiger partial charge in [0.2, 0.25) is 0 Å². The third kappa shape index (κ3) is 3.76. The minimum atomic E-state index is -0.448. The van der Waals surface area contributed by atoms with E-state index in [1.165, 1.54) is 0 Å². The zero-order valence-electron chi connectivity index (χ0n) is 13.9. The van der Waals surface area contributed by atoms with Crippen molar-refractivity contribution in [3.8, 4) is 5.69 Å². The number of aliphatic hydroxyl groups excluding tert-OH is 1. The fraction of sp³-hybridized carbons (Fsp3) is 0.444. The van der Waals surface area contributed by atoms with Gasteiger partial charge in [0.05, 0.1) is 23.9 Å². The van der Waals surface area contributed by atoms with E-state index in [1.807, 2.05) is 43.5 Å². The lowest BCUT2D eigenvalue weighted by atomic mass is 9.93. The van der Waals surface area contributed by atoms with Crippen LogP contribution in [0.3, 0.4) is 0 Å². The predicted molar refractivity (Wildman–Crippen MR) is 91.9 cm³/mol. The van der Waals surface area contributed by atoms with Gasteiger partial charge in [0.1, 0.15) is 0 Å². The molecule has 2 amide bonds. The van der Waals surface area contributed by atoms with Crippen molar-refractivity contribution < 1.29 is 9.90 Å². The molecule has 1 aliphatic carbocycles. The number of aromatic nitrogens is 2. The van der Waals surface area contributed by atoms with E-state index in [2.05, 4.69) is 15.7 Å². The van der Waals surface area contributed by atoms with Gasteiger partial charge < -0.3 is 15.7 Å². The minimum absolute atomic E-state index is 0.160. The molecular weight excluding hydrogens is 304 g/mol. The number of urea groups is 1. The third-order valence-electron chi connectivity index (χ3n) is 4.55. The number of nitrogens with zero attached hydrogens (tertiary/aromatic N) is 2. The van der Waals surface area contributed by atoms with Crippen molar-refractivity contribution in [3.63, 3.8) is 0 Å². The molecule has 3 N–H and O–H groups in total. The molecule has 0 aliphatic heterocycles. The number of aliphatic hydroxyl groups is 1. The maximum Gasteiger partial charge on any atom is 0.315 e. The molecule has 1 heterocycles. The Morgan fingerprint density at radius 2 is 2.08 bits per heavy atom. The predicted octanol–water partition coefficient (Wildman–Crippen LogP) is 2.54. The standard InChI is InChI=1S/C18H24N4O2/c1-13(20-18(24)21-15-8-3-5-10-17(15)23)14-7-2-4-9-16(14)22-12-6-11-19-22/h2,4,6-7,9,11-13,15,17,23H,3,5,8,10H2,1H3,(H2,20,21,24)/t13-,15-,17-/m0/s1. The molecule has 1 fully saturated rings. The first-order valence-electron chi connectivity index (χ1n) is 8.49. The fourth-order valence-corrected chi connectivity index (χ4v) is 3.24. The van der Waals surface area contributed by atoms with Crippen LogP contribution in [0.15, 0.2) is 42.7 Å². The Labute approximate surface area is 141 Å². The summed E-state index contributed by atoms with van der Waals surface area (Å²) in [5.74, 6) is 0. The van der Waals surface area contributed by atoms with Crippen LogP contribution < -0.4 is 10.6 Å². The van der Waals surface area contributed by atoms with E-state index < -0.39 is 6.10 Å². The van der Waals surface area contributed by atoms with Gasteiger partial charge >= 0.3 is 6.03 Å². The number of carbonyl (C=O) groups is 1. The van der Waals surface area contributed by atoms with E-state index >= 15 is 0 Å². The zero-order chi connectivity index (χ0) is 16.9. The van der Waals surface area contributed by atoms with Gasteiger partial charge in [0.25, 0.3) is 0 Å². The molecule has 1 saturated carbocycles. The molecule has 6 heteroatoms. The van der Waals surface area contributed by atoms with Gasteiger partial charge in [0.15, 0.2) is 0 Å². The van der Waals surface area contributed by atoms with Crippen molar-refractivity contribution in [2.45, 2.75) is 50.8 Å². The van der Waals surface area contributed by atoms with Gasteiger partial charge in [-0.05, 0) is 37.5 Å². The average molecular weight is 328 g/mol. The van der Waals surface area contributed by atoms with Crippen LogP contribution in [0.2, 0.25) is 0 Å². The summed E-state index contributed by atoms with van der Waals surface area (Å²) < 4.78 is 1.79. The lowest BCUT2D eigenvalue weighted by Crippen LogP contribution is -2.49. The Kier molecular flexibility index (Phi) is 5.15. The largest absolute Gasteiger partial charge is 0.391 e. The summed E-state index contributed by atoms with van der Waals surface area (Å²) in [6, 6.07) is 9.14. The van der Waals surface area contributed by atoms with Crippen LogP contribution in [0.25, 0.3) is 5.69 Å². The lowest BCUT2D eigenvalue weighted by Gasteiger charge is -2.29. The number of rotatable bonds is 4. The van der Waals surface area contributed by atoms with Crippen LogP contribution >= 0.6 is 0 Å². The number of para-hydroxylation sites is 1. The molecule has 0 saturated heterocycles. The normalized spacial score (nSPS) is 21.9. The minimum Gasteiger partial charge on any atom is -0.391 e. The maximum absolute atomic E-state index is 12.3. The van der Waals surface area contributed by atoms with E-state index in [-0.39, 0.29) is 18.1 Å². The molecule has 128 valence electrons. The van der Waals surface area contributed by atoms with Crippen LogP contribution in [0.1, 0.15) is 44.2 Å². The van der Waals surface area contributed by atoms with Crippen molar-refractivity contribution >= 4 is 6.03 Å². The van der Waals surface area contributed by atoms with E-state index in [0.717, 1.165) is 36.9 Å². The number of nitrogens with one attached hydrogen (secondary N) is 2. The smallest absolute Gasteiger partial charge is 0.315 e. The molecule has 3 atom stereocenters. The Balaban J connectivity index is 1.67. The molecule has 2 aromatic rings. The quantitative estimate of drug-likeness (QED) is 0.807. The SMILES string of the molecule is C[C@H](NC(=O)N[C@H]1CCCC[C@@H]1O)c1ccccc1-n1cccn1. The number of amides is 2. The Morgan fingerprint density at radius 1 is 1.29 bits per heavy atom. The van der Waals surface area contributed by atoms with Crippen molar-refractivity contribution in [3.05, 3.63) is 48.3 Å². The summed E-state index contributed by atoms with van der Waals surface area (Å²) in [5.41, 5.74) is 1.92. The highest BCUT2D eigenvalue weighted by atomic mass is 16.3. The molecular formula is C18H24N4O2. The van der Waals surface area contributed by atoms with Gasteiger partial charge in [-0.2, -0.15) is 5.10 Å². The zero-order valence-corrected chi connectivity index (χ0v) is 13.9. The molecule has 0 spiro atoms. The summed E-state index contributed by atoms with van der Waals surface area (Å²) in [6.07, 6.45) is 6.80. The Morgan fingerprint density at radius 3 is 2.83 bits per heavy atom. The van der Waals surface area contributed by atoms with Crippen LogP contribution in [-0.4, -0.2) is 33.1 Å². The Bertz CT molecular complexity index is 671. The number of benzene rings is 1. The fourth-order valence-electron chi connectivity index (χ4n) is 3.24. The molecule has 6 nitrogen and oxygen atoms in total.